The van der Waals surface area contributed by atoms with E-state index in [1.54, 1.807) is 0 Å². The van der Waals surface area contributed by atoms with E-state index in [0.717, 1.165) is 5.69 Å². The number of hydrogen-bond acceptors (Lipinski definition) is 3. The third kappa shape index (κ3) is 2.87. The van der Waals surface area contributed by atoms with Crippen molar-refractivity contribution in [2.24, 2.45) is 0 Å². The maximum Gasteiger partial charge on any atom is 0.0951 e. The van der Waals surface area contributed by atoms with Crippen LogP contribution in [0.3, 0.4) is 0 Å². The second-order valence-corrected chi connectivity index (χ2v) is 5.20. The zero-order chi connectivity index (χ0) is 12.3. The van der Waals surface area contributed by atoms with E-state index in [-0.39, 0.29) is 12.6 Å². The Morgan fingerprint density at radius 2 is 2.18 bits per heavy atom. The summed E-state index contributed by atoms with van der Waals surface area (Å²) in [4.78, 5) is 4.20. The molecule has 0 amide bonds. The van der Waals surface area contributed by atoms with Gasteiger partial charge in [0.1, 0.15) is 0 Å². The Hall–Kier alpha value is -0.870. The standard InChI is InChI=1S/C13H23N3O/c1-10(2)16-9-14-7-13(16)12(8-17)15-11-5-3-4-6-11/h7,9-12,15,17H,3-6,8H2,1-2H3. The van der Waals surface area contributed by atoms with Crippen molar-refractivity contribution < 1.29 is 5.11 Å². The van der Waals surface area contributed by atoms with Gasteiger partial charge in [0.15, 0.2) is 0 Å². The molecule has 1 aromatic rings. The summed E-state index contributed by atoms with van der Waals surface area (Å²) in [5.74, 6) is 0. The van der Waals surface area contributed by atoms with E-state index in [4.69, 9.17) is 0 Å². The summed E-state index contributed by atoms with van der Waals surface area (Å²) < 4.78 is 2.13. The zero-order valence-corrected chi connectivity index (χ0v) is 10.8. The molecule has 1 atom stereocenters. The molecule has 0 radical (unpaired) electrons. The number of aliphatic hydroxyl groups is 1. The Labute approximate surface area is 103 Å². The summed E-state index contributed by atoms with van der Waals surface area (Å²) in [7, 11) is 0. The summed E-state index contributed by atoms with van der Waals surface area (Å²) in [5.41, 5.74) is 1.09. The second-order valence-electron chi connectivity index (χ2n) is 5.20. The van der Waals surface area contributed by atoms with Crippen LogP contribution in [0.1, 0.15) is 57.3 Å². The fraction of sp³-hybridized carbons (Fsp3) is 0.769. The van der Waals surface area contributed by atoms with Crippen LogP contribution in [0.5, 0.6) is 0 Å². The molecule has 1 heterocycles. The SMILES string of the molecule is CC(C)n1cncc1C(CO)NC1CCCC1. The largest absolute Gasteiger partial charge is 0.394 e. The van der Waals surface area contributed by atoms with Crippen molar-refractivity contribution in [3.05, 3.63) is 18.2 Å². The van der Waals surface area contributed by atoms with Gasteiger partial charge in [0.05, 0.1) is 24.7 Å². The van der Waals surface area contributed by atoms with Crippen LogP contribution in [0.25, 0.3) is 0 Å². The lowest BCUT2D eigenvalue weighted by Gasteiger charge is -2.23. The minimum Gasteiger partial charge on any atom is -0.394 e. The van der Waals surface area contributed by atoms with E-state index in [2.05, 4.69) is 28.7 Å². The number of aromatic nitrogens is 2. The van der Waals surface area contributed by atoms with Crippen molar-refractivity contribution in [1.29, 1.82) is 0 Å². The molecule has 2 rings (SSSR count). The van der Waals surface area contributed by atoms with Gasteiger partial charge >= 0.3 is 0 Å². The van der Waals surface area contributed by atoms with Crippen LogP contribution in [0.4, 0.5) is 0 Å². The molecule has 0 aromatic carbocycles. The fourth-order valence-electron chi connectivity index (χ4n) is 2.62. The number of aliphatic hydroxyl groups excluding tert-OH is 1. The molecule has 0 spiro atoms. The lowest BCUT2D eigenvalue weighted by Crippen LogP contribution is -2.34. The van der Waals surface area contributed by atoms with Gasteiger partial charge < -0.3 is 15.0 Å². The van der Waals surface area contributed by atoms with Gasteiger partial charge in [-0.25, -0.2) is 4.98 Å². The monoisotopic (exact) mass is 237 g/mol. The van der Waals surface area contributed by atoms with Crippen LogP contribution in [0, 0.1) is 0 Å². The van der Waals surface area contributed by atoms with Gasteiger partial charge in [-0.2, -0.15) is 0 Å². The number of hydrogen-bond donors (Lipinski definition) is 2. The maximum atomic E-state index is 9.56. The minimum absolute atomic E-state index is 0.0167. The van der Waals surface area contributed by atoms with Gasteiger partial charge in [0, 0.05) is 18.3 Å². The molecule has 1 aliphatic rings. The van der Waals surface area contributed by atoms with Crippen molar-refractivity contribution in [2.75, 3.05) is 6.61 Å². The van der Waals surface area contributed by atoms with Crippen molar-refractivity contribution in [2.45, 2.75) is 57.7 Å². The third-order valence-electron chi connectivity index (χ3n) is 3.58. The zero-order valence-electron chi connectivity index (χ0n) is 10.8. The Morgan fingerprint density at radius 1 is 1.47 bits per heavy atom. The lowest BCUT2D eigenvalue weighted by molar-refractivity contribution is 0.226. The van der Waals surface area contributed by atoms with Crippen molar-refractivity contribution in [3.8, 4) is 0 Å². The van der Waals surface area contributed by atoms with Gasteiger partial charge in [-0.1, -0.05) is 12.8 Å². The number of rotatable bonds is 5. The molecule has 17 heavy (non-hydrogen) atoms. The highest BCUT2D eigenvalue weighted by Gasteiger charge is 2.22. The summed E-state index contributed by atoms with van der Waals surface area (Å²) in [5, 5.41) is 13.1. The van der Waals surface area contributed by atoms with Gasteiger partial charge in [-0.15, -0.1) is 0 Å². The van der Waals surface area contributed by atoms with Crippen LogP contribution >= 0.6 is 0 Å². The van der Waals surface area contributed by atoms with E-state index in [9.17, 15) is 5.11 Å². The first-order valence-corrected chi connectivity index (χ1v) is 6.61. The molecule has 1 unspecified atom stereocenters. The first kappa shape index (κ1) is 12.6. The molecular weight excluding hydrogens is 214 g/mol. The number of nitrogens with one attached hydrogen (secondary N) is 1. The van der Waals surface area contributed by atoms with Crippen LogP contribution in [0.2, 0.25) is 0 Å². The van der Waals surface area contributed by atoms with Crippen LogP contribution in [-0.4, -0.2) is 27.3 Å². The normalized spacial score (nSPS) is 19.1. The van der Waals surface area contributed by atoms with E-state index in [1.165, 1.54) is 25.7 Å². The van der Waals surface area contributed by atoms with E-state index in [0.29, 0.717) is 12.1 Å². The predicted molar refractivity (Wildman–Crippen MR) is 67.8 cm³/mol. The second kappa shape index (κ2) is 5.65. The third-order valence-corrected chi connectivity index (χ3v) is 3.58. The van der Waals surface area contributed by atoms with Gasteiger partial charge in [0.2, 0.25) is 0 Å². The van der Waals surface area contributed by atoms with Crippen molar-refractivity contribution in [3.63, 3.8) is 0 Å². The number of nitrogens with zero attached hydrogens (tertiary/aromatic N) is 2. The molecule has 2 N–H and O–H groups in total. The molecule has 1 fully saturated rings. The molecular formula is C13H23N3O. The van der Waals surface area contributed by atoms with Gasteiger partial charge in [0.25, 0.3) is 0 Å². The first-order chi connectivity index (χ1) is 8.22. The highest BCUT2D eigenvalue weighted by atomic mass is 16.3. The van der Waals surface area contributed by atoms with E-state index in [1.807, 2.05) is 12.5 Å². The summed E-state index contributed by atoms with van der Waals surface area (Å²) in [6.07, 6.45) is 8.78. The average molecular weight is 237 g/mol. The highest BCUT2D eigenvalue weighted by Crippen LogP contribution is 2.23. The topological polar surface area (TPSA) is 50.1 Å². The van der Waals surface area contributed by atoms with Crippen LogP contribution < -0.4 is 5.32 Å². The Bertz CT molecular complexity index is 342. The van der Waals surface area contributed by atoms with Crippen LogP contribution in [-0.2, 0) is 0 Å². The van der Waals surface area contributed by atoms with Gasteiger partial charge in [-0.05, 0) is 26.7 Å². The molecule has 96 valence electrons. The number of imidazole rings is 1. The lowest BCUT2D eigenvalue weighted by atomic mass is 10.1. The van der Waals surface area contributed by atoms with E-state index < -0.39 is 0 Å². The molecule has 1 aromatic heterocycles. The quantitative estimate of drug-likeness (QED) is 0.824. The van der Waals surface area contributed by atoms with E-state index >= 15 is 0 Å². The summed E-state index contributed by atoms with van der Waals surface area (Å²) in [6.45, 7) is 4.40. The Kier molecular flexibility index (Phi) is 4.18. The van der Waals surface area contributed by atoms with Crippen LogP contribution in [0.15, 0.2) is 12.5 Å². The summed E-state index contributed by atoms with van der Waals surface area (Å²) >= 11 is 0. The highest BCUT2D eigenvalue weighted by molar-refractivity contribution is 5.07. The van der Waals surface area contributed by atoms with Crippen molar-refractivity contribution in [1.82, 2.24) is 14.9 Å². The first-order valence-electron chi connectivity index (χ1n) is 6.61. The smallest absolute Gasteiger partial charge is 0.0951 e. The fourth-order valence-corrected chi connectivity index (χ4v) is 2.62. The van der Waals surface area contributed by atoms with Gasteiger partial charge in [-0.3, -0.25) is 0 Å². The summed E-state index contributed by atoms with van der Waals surface area (Å²) in [6, 6.07) is 0.956. The Balaban J connectivity index is 2.08. The molecule has 4 nitrogen and oxygen atoms in total. The molecule has 0 bridgehead atoms. The predicted octanol–water partition coefficient (Wildman–Crippen LogP) is 2.03. The van der Waals surface area contributed by atoms with Crippen molar-refractivity contribution >= 4 is 0 Å². The molecule has 4 heteroatoms. The molecule has 0 aliphatic heterocycles. The maximum absolute atomic E-state index is 9.56. The minimum atomic E-state index is 0.0167. The Morgan fingerprint density at radius 3 is 2.76 bits per heavy atom. The molecule has 0 saturated heterocycles. The molecule has 1 aliphatic carbocycles. The average Bonchev–Trinajstić information content (AvgIpc) is 2.96. The molecule has 1 saturated carbocycles.